The minimum atomic E-state index is 0.235. The van der Waals surface area contributed by atoms with Crippen LogP contribution in [0.1, 0.15) is 24.5 Å². The van der Waals surface area contributed by atoms with Gasteiger partial charge in [0.2, 0.25) is 0 Å². The average molecular weight is 355 g/mol. The molecule has 1 aromatic heterocycles. The maximum absolute atomic E-state index is 6.01. The molecule has 0 radical (unpaired) electrons. The number of aromatic nitrogens is 2. The lowest BCUT2D eigenvalue weighted by molar-refractivity contribution is 0.646. The standard InChI is InChI=1S/C14H18IN3/c1-3-13(16)6-11-5-4-10(2)14(7-11)18-9-12(15)8-17-18/h4-5,7-9,13H,3,6,16H2,1-2H3. The third-order valence-corrected chi connectivity index (χ3v) is 3.65. The zero-order chi connectivity index (χ0) is 13.1. The van der Waals surface area contributed by atoms with Crippen molar-refractivity contribution in [3.63, 3.8) is 0 Å². The summed E-state index contributed by atoms with van der Waals surface area (Å²) in [5.74, 6) is 0. The molecule has 2 aromatic rings. The molecule has 1 aromatic carbocycles. The fourth-order valence-corrected chi connectivity index (χ4v) is 2.30. The Labute approximate surface area is 122 Å². The van der Waals surface area contributed by atoms with Gasteiger partial charge in [-0.1, -0.05) is 19.1 Å². The first kappa shape index (κ1) is 13.5. The van der Waals surface area contributed by atoms with Crippen molar-refractivity contribution in [3.8, 4) is 5.69 Å². The minimum absolute atomic E-state index is 0.235. The second-order valence-corrected chi connectivity index (χ2v) is 5.84. The number of halogens is 1. The zero-order valence-corrected chi connectivity index (χ0v) is 12.9. The highest BCUT2D eigenvalue weighted by atomic mass is 127. The van der Waals surface area contributed by atoms with Gasteiger partial charge in [-0.25, -0.2) is 4.68 Å². The highest BCUT2D eigenvalue weighted by Crippen LogP contribution is 2.18. The van der Waals surface area contributed by atoms with Gasteiger partial charge in [0, 0.05) is 12.2 Å². The number of nitrogens with two attached hydrogens (primary N) is 1. The fraction of sp³-hybridized carbons (Fsp3) is 0.357. The van der Waals surface area contributed by atoms with Gasteiger partial charge in [0.25, 0.3) is 0 Å². The van der Waals surface area contributed by atoms with E-state index >= 15 is 0 Å². The van der Waals surface area contributed by atoms with Crippen molar-refractivity contribution in [2.75, 3.05) is 0 Å². The largest absolute Gasteiger partial charge is 0.327 e. The normalized spacial score (nSPS) is 12.7. The van der Waals surface area contributed by atoms with Crippen molar-refractivity contribution in [3.05, 3.63) is 45.3 Å². The second kappa shape index (κ2) is 5.84. The Hall–Kier alpha value is -0.880. The van der Waals surface area contributed by atoms with Crippen molar-refractivity contribution in [1.82, 2.24) is 9.78 Å². The summed E-state index contributed by atoms with van der Waals surface area (Å²) in [5.41, 5.74) is 9.65. The Morgan fingerprint density at radius 1 is 1.44 bits per heavy atom. The summed E-state index contributed by atoms with van der Waals surface area (Å²) in [5, 5.41) is 4.37. The molecular weight excluding hydrogens is 337 g/mol. The van der Waals surface area contributed by atoms with Gasteiger partial charge < -0.3 is 5.73 Å². The lowest BCUT2D eigenvalue weighted by Crippen LogP contribution is -2.21. The molecule has 0 aliphatic carbocycles. The van der Waals surface area contributed by atoms with E-state index in [0.717, 1.165) is 22.1 Å². The first-order chi connectivity index (χ1) is 8.60. The molecule has 2 rings (SSSR count). The number of nitrogens with zero attached hydrogens (tertiary/aromatic N) is 2. The van der Waals surface area contributed by atoms with Crippen LogP contribution in [0.15, 0.2) is 30.6 Å². The fourth-order valence-electron chi connectivity index (χ4n) is 1.91. The molecule has 0 bridgehead atoms. The molecule has 1 heterocycles. The van der Waals surface area contributed by atoms with Crippen LogP contribution in [0.3, 0.4) is 0 Å². The molecule has 0 aliphatic rings. The lowest BCUT2D eigenvalue weighted by Gasteiger charge is -2.12. The topological polar surface area (TPSA) is 43.8 Å². The zero-order valence-electron chi connectivity index (χ0n) is 10.7. The van der Waals surface area contributed by atoms with Crippen LogP contribution in [-0.2, 0) is 6.42 Å². The first-order valence-corrected chi connectivity index (χ1v) is 7.23. The summed E-state index contributed by atoms with van der Waals surface area (Å²) >= 11 is 2.27. The quantitative estimate of drug-likeness (QED) is 0.857. The van der Waals surface area contributed by atoms with Gasteiger partial charge in [-0.3, -0.25) is 0 Å². The number of aryl methyl sites for hydroxylation is 1. The molecule has 0 spiro atoms. The number of hydrogen-bond donors (Lipinski definition) is 1. The molecule has 2 N–H and O–H groups in total. The molecule has 1 unspecified atom stereocenters. The van der Waals surface area contributed by atoms with E-state index in [1.54, 1.807) is 0 Å². The molecule has 0 amide bonds. The van der Waals surface area contributed by atoms with Crippen LogP contribution < -0.4 is 5.73 Å². The van der Waals surface area contributed by atoms with Crippen LogP contribution in [0.2, 0.25) is 0 Å². The van der Waals surface area contributed by atoms with Gasteiger partial charge in [0.05, 0.1) is 15.5 Å². The van der Waals surface area contributed by atoms with Crippen molar-refractivity contribution in [1.29, 1.82) is 0 Å². The van der Waals surface area contributed by atoms with Crippen molar-refractivity contribution in [2.24, 2.45) is 5.73 Å². The summed E-state index contributed by atoms with van der Waals surface area (Å²) in [7, 11) is 0. The Balaban J connectivity index is 2.32. The summed E-state index contributed by atoms with van der Waals surface area (Å²) in [4.78, 5) is 0. The van der Waals surface area contributed by atoms with Gasteiger partial charge in [-0.2, -0.15) is 5.10 Å². The van der Waals surface area contributed by atoms with E-state index in [0.29, 0.717) is 0 Å². The minimum Gasteiger partial charge on any atom is -0.327 e. The van der Waals surface area contributed by atoms with E-state index in [1.165, 1.54) is 11.1 Å². The third-order valence-electron chi connectivity index (χ3n) is 3.09. The highest BCUT2D eigenvalue weighted by molar-refractivity contribution is 14.1. The molecule has 0 saturated heterocycles. The van der Waals surface area contributed by atoms with Crippen molar-refractivity contribution >= 4 is 22.6 Å². The lowest BCUT2D eigenvalue weighted by atomic mass is 10.0. The molecule has 1 atom stereocenters. The predicted molar refractivity (Wildman–Crippen MR) is 83.0 cm³/mol. The number of hydrogen-bond acceptors (Lipinski definition) is 2. The SMILES string of the molecule is CCC(N)Cc1ccc(C)c(-n2cc(I)cn2)c1. The molecule has 18 heavy (non-hydrogen) atoms. The van der Waals surface area contributed by atoms with Crippen LogP contribution in [0.4, 0.5) is 0 Å². The Morgan fingerprint density at radius 2 is 2.22 bits per heavy atom. The van der Waals surface area contributed by atoms with E-state index in [4.69, 9.17) is 5.73 Å². The summed E-state index contributed by atoms with van der Waals surface area (Å²) < 4.78 is 3.07. The summed E-state index contributed by atoms with van der Waals surface area (Å²) in [6.45, 7) is 4.23. The van der Waals surface area contributed by atoms with E-state index in [2.05, 4.69) is 59.7 Å². The van der Waals surface area contributed by atoms with Crippen LogP contribution in [-0.4, -0.2) is 15.8 Å². The van der Waals surface area contributed by atoms with Gasteiger partial charge in [-0.15, -0.1) is 0 Å². The Morgan fingerprint density at radius 3 is 2.83 bits per heavy atom. The second-order valence-electron chi connectivity index (χ2n) is 4.60. The van der Waals surface area contributed by atoms with Crippen LogP contribution in [0.5, 0.6) is 0 Å². The van der Waals surface area contributed by atoms with Crippen LogP contribution in [0.25, 0.3) is 5.69 Å². The van der Waals surface area contributed by atoms with Gasteiger partial charge in [0.15, 0.2) is 0 Å². The summed E-state index contributed by atoms with van der Waals surface area (Å²) in [6, 6.07) is 6.72. The van der Waals surface area contributed by atoms with E-state index < -0.39 is 0 Å². The van der Waals surface area contributed by atoms with Crippen molar-refractivity contribution < 1.29 is 0 Å². The molecule has 96 valence electrons. The maximum atomic E-state index is 6.01. The first-order valence-electron chi connectivity index (χ1n) is 6.15. The summed E-state index contributed by atoms with van der Waals surface area (Å²) in [6.07, 6.45) is 5.82. The smallest absolute Gasteiger partial charge is 0.0677 e. The van der Waals surface area contributed by atoms with Crippen LogP contribution >= 0.6 is 22.6 Å². The molecule has 0 aliphatic heterocycles. The van der Waals surface area contributed by atoms with E-state index in [1.807, 2.05) is 17.1 Å². The highest BCUT2D eigenvalue weighted by Gasteiger charge is 2.07. The number of benzene rings is 1. The Kier molecular flexibility index (Phi) is 4.40. The third kappa shape index (κ3) is 3.11. The predicted octanol–water partition coefficient (Wildman–Crippen LogP) is 3.07. The van der Waals surface area contributed by atoms with Crippen LogP contribution in [0, 0.1) is 10.5 Å². The number of rotatable bonds is 4. The molecule has 0 fully saturated rings. The average Bonchev–Trinajstić information content (AvgIpc) is 2.78. The molecular formula is C14H18IN3. The van der Waals surface area contributed by atoms with Gasteiger partial charge >= 0.3 is 0 Å². The van der Waals surface area contributed by atoms with Crippen molar-refractivity contribution in [2.45, 2.75) is 32.7 Å². The Bertz CT molecular complexity index is 534. The molecule has 3 nitrogen and oxygen atoms in total. The monoisotopic (exact) mass is 355 g/mol. The van der Waals surface area contributed by atoms with Gasteiger partial charge in [0.1, 0.15) is 0 Å². The molecule has 4 heteroatoms. The van der Waals surface area contributed by atoms with E-state index in [-0.39, 0.29) is 6.04 Å². The maximum Gasteiger partial charge on any atom is 0.0677 e. The van der Waals surface area contributed by atoms with E-state index in [9.17, 15) is 0 Å². The van der Waals surface area contributed by atoms with Gasteiger partial charge in [-0.05, 0) is 59.5 Å². The molecule has 0 saturated carbocycles.